The zero-order valence-corrected chi connectivity index (χ0v) is 15.9. The summed E-state index contributed by atoms with van der Waals surface area (Å²) in [5.41, 5.74) is 5.30. The van der Waals surface area contributed by atoms with Crippen LogP contribution in [0, 0.1) is 0 Å². The number of hydrogen-bond acceptors (Lipinski definition) is 0. The van der Waals surface area contributed by atoms with Gasteiger partial charge in [-0.15, -0.1) is 26.3 Å². The Morgan fingerprint density at radius 2 is 0.808 bits per heavy atom. The Hall–Kier alpha value is -1.57. The molecule has 0 nitrogen and oxygen atoms in total. The van der Waals surface area contributed by atoms with Crippen LogP contribution < -0.4 is 10.6 Å². The minimum atomic E-state index is 0. The Labute approximate surface area is 172 Å². The molecule has 2 heteroatoms. The van der Waals surface area contributed by atoms with Crippen molar-refractivity contribution in [1.82, 2.24) is 0 Å². The van der Waals surface area contributed by atoms with Gasteiger partial charge in [0.2, 0.25) is 0 Å². The topological polar surface area (TPSA) is 0 Å². The summed E-state index contributed by atoms with van der Waals surface area (Å²) in [6.07, 6.45) is 11.5. The molecule has 2 rings (SSSR count). The normalized spacial score (nSPS) is 9.85. The molecule has 0 aliphatic rings. The van der Waals surface area contributed by atoms with Gasteiger partial charge in [-0.25, -0.2) is 0 Å². The summed E-state index contributed by atoms with van der Waals surface area (Å²) >= 11 is 0. The summed E-state index contributed by atoms with van der Waals surface area (Å²) in [5, 5.41) is 2.74. The molecule has 0 unspecified atom stereocenters. The number of rotatable bonds is 10. The van der Waals surface area contributed by atoms with Gasteiger partial charge in [0.1, 0.15) is 0 Å². The van der Waals surface area contributed by atoms with Gasteiger partial charge < -0.3 is 0 Å². The molecule has 2 aromatic carbocycles. The molecular formula is C24H28LiP. The second kappa shape index (κ2) is 11.9. The summed E-state index contributed by atoms with van der Waals surface area (Å²) in [5.74, 6) is 0. The van der Waals surface area contributed by atoms with E-state index >= 15 is 0 Å². The van der Waals surface area contributed by atoms with Crippen molar-refractivity contribution < 1.29 is 0 Å². The zero-order valence-electron chi connectivity index (χ0n) is 14.9. The van der Waals surface area contributed by atoms with E-state index in [1.165, 1.54) is 32.9 Å². The average molecular weight is 354 g/mol. The Balaban J connectivity index is 0.00000338. The van der Waals surface area contributed by atoms with Crippen LogP contribution in [-0.2, 0) is 25.7 Å². The summed E-state index contributed by atoms with van der Waals surface area (Å²) in [6.45, 7) is 15.5. The van der Waals surface area contributed by atoms with Crippen LogP contribution in [0.2, 0.25) is 0 Å². The fourth-order valence-corrected chi connectivity index (χ4v) is 4.34. The fourth-order valence-electron chi connectivity index (χ4n) is 2.97. The predicted octanol–water partition coefficient (Wildman–Crippen LogP) is 4.58. The van der Waals surface area contributed by atoms with E-state index in [4.69, 9.17) is 0 Å². The molecule has 0 atom stereocenters. The first-order valence-electron chi connectivity index (χ1n) is 8.64. The van der Waals surface area contributed by atoms with Crippen LogP contribution in [0.25, 0.3) is 0 Å². The van der Waals surface area contributed by atoms with Gasteiger partial charge in [-0.1, -0.05) is 69.3 Å². The summed E-state index contributed by atoms with van der Waals surface area (Å²) < 4.78 is 0. The zero-order chi connectivity index (χ0) is 18.1. The number of allylic oxidation sites excluding steroid dienone is 4. The van der Waals surface area contributed by atoms with Gasteiger partial charge >= 0.3 is 18.9 Å². The van der Waals surface area contributed by atoms with Crippen LogP contribution in [0.1, 0.15) is 22.3 Å². The van der Waals surface area contributed by atoms with Crippen molar-refractivity contribution in [3.8, 4) is 0 Å². The summed E-state index contributed by atoms with van der Waals surface area (Å²) in [7, 11) is 0.643. The van der Waals surface area contributed by atoms with Crippen molar-refractivity contribution in [3.63, 3.8) is 0 Å². The molecule has 0 spiro atoms. The Kier molecular flexibility index (Phi) is 10.3. The molecule has 0 aliphatic heterocycles. The molecule has 0 aromatic heterocycles. The molecular weight excluding hydrogens is 326 g/mol. The van der Waals surface area contributed by atoms with Gasteiger partial charge in [0.15, 0.2) is 0 Å². The molecule has 26 heavy (non-hydrogen) atoms. The predicted molar refractivity (Wildman–Crippen MR) is 123 cm³/mol. The van der Waals surface area contributed by atoms with E-state index in [9.17, 15) is 0 Å². The van der Waals surface area contributed by atoms with Crippen molar-refractivity contribution in [2.45, 2.75) is 25.7 Å². The van der Waals surface area contributed by atoms with E-state index in [2.05, 4.69) is 62.7 Å². The van der Waals surface area contributed by atoms with Gasteiger partial charge in [0.25, 0.3) is 0 Å². The maximum atomic E-state index is 3.87. The maximum absolute atomic E-state index is 3.87. The van der Waals surface area contributed by atoms with Crippen LogP contribution in [0.4, 0.5) is 0 Å². The van der Waals surface area contributed by atoms with Crippen molar-refractivity contribution in [1.29, 1.82) is 0 Å². The van der Waals surface area contributed by atoms with Gasteiger partial charge in [0.05, 0.1) is 0 Å². The number of hydrogen-bond donors (Lipinski definition) is 0. The first-order valence-corrected chi connectivity index (χ1v) is 9.64. The quantitative estimate of drug-likeness (QED) is 0.333. The molecule has 130 valence electrons. The molecule has 0 saturated carbocycles. The van der Waals surface area contributed by atoms with E-state index in [1.807, 2.05) is 24.3 Å². The first-order chi connectivity index (χ1) is 12.2. The molecule has 0 radical (unpaired) electrons. The molecule has 0 fully saturated rings. The SMILES string of the molecule is C=CCc1cc(CC=C)cc(Pc2cc(CC=C)cc(CC=C)c2)c1.[LiH]. The Bertz CT molecular complexity index is 652. The monoisotopic (exact) mass is 354 g/mol. The standard InChI is InChI=1S/C24H27P.Li.H/c1-5-9-19-13-20(10-6-2)16-23(15-19)25-24-17-21(11-7-3)14-22(18-24)12-8-4;;/h5-8,13-18,25H,1-4,9-12H2;;. The fraction of sp³-hybridized carbons (Fsp3) is 0.167. The third-order valence-corrected chi connectivity index (χ3v) is 5.07. The van der Waals surface area contributed by atoms with Crippen LogP contribution in [0.15, 0.2) is 87.0 Å². The van der Waals surface area contributed by atoms with Gasteiger partial charge in [-0.05, 0) is 58.5 Å². The molecule has 0 heterocycles. The molecule has 0 N–H and O–H groups in total. The van der Waals surface area contributed by atoms with Crippen LogP contribution >= 0.6 is 8.58 Å². The molecule has 2 aromatic rings. The molecule has 0 saturated heterocycles. The molecule has 0 amide bonds. The van der Waals surface area contributed by atoms with Crippen LogP contribution in [0.5, 0.6) is 0 Å². The van der Waals surface area contributed by atoms with Crippen molar-refractivity contribution in [2.75, 3.05) is 0 Å². The molecule has 0 bridgehead atoms. The van der Waals surface area contributed by atoms with Crippen LogP contribution in [0.3, 0.4) is 0 Å². The Morgan fingerprint density at radius 3 is 1.04 bits per heavy atom. The third-order valence-electron chi connectivity index (χ3n) is 3.91. The van der Waals surface area contributed by atoms with E-state index < -0.39 is 0 Å². The van der Waals surface area contributed by atoms with Gasteiger partial charge in [-0.3, -0.25) is 0 Å². The second-order valence-electron chi connectivity index (χ2n) is 6.17. The summed E-state index contributed by atoms with van der Waals surface area (Å²) in [6, 6.07) is 13.7. The second-order valence-corrected chi connectivity index (χ2v) is 7.58. The van der Waals surface area contributed by atoms with Crippen LogP contribution in [-0.4, -0.2) is 18.9 Å². The van der Waals surface area contributed by atoms with Crippen molar-refractivity contribution in [3.05, 3.63) is 109 Å². The van der Waals surface area contributed by atoms with E-state index in [1.54, 1.807) is 0 Å². The van der Waals surface area contributed by atoms with Crippen molar-refractivity contribution >= 4 is 38.1 Å². The summed E-state index contributed by atoms with van der Waals surface area (Å²) in [4.78, 5) is 0. The minimum absolute atomic E-state index is 0. The Morgan fingerprint density at radius 1 is 0.538 bits per heavy atom. The molecule has 0 aliphatic carbocycles. The van der Waals surface area contributed by atoms with Gasteiger partial charge in [0, 0.05) is 0 Å². The third kappa shape index (κ3) is 6.97. The van der Waals surface area contributed by atoms with Gasteiger partial charge in [-0.2, -0.15) is 0 Å². The van der Waals surface area contributed by atoms with Crippen molar-refractivity contribution in [2.24, 2.45) is 0 Å². The van der Waals surface area contributed by atoms with E-state index in [0.29, 0.717) is 8.58 Å². The van der Waals surface area contributed by atoms with E-state index in [0.717, 1.165) is 25.7 Å². The van der Waals surface area contributed by atoms with E-state index in [-0.39, 0.29) is 18.9 Å². The average Bonchev–Trinajstić information content (AvgIpc) is 2.55. The first kappa shape index (κ1) is 22.5. The number of benzene rings is 2.